The number of carbonyl (C=O) groups excluding carboxylic acids is 1. The monoisotopic (exact) mass is 328 g/mol. The molecule has 0 aliphatic carbocycles. The Labute approximate surface area is 136 Å². The molecule has 0 aliphatic heterocycles. The number of benzene rings is 2. The van der Waals surface area contributed by atoms with Crippen molar-refractivity contribution in [1.29, 1.82) is 0 Å². The number of nitrogens with zero attached hydrogens (tertiary/aromatic N) is 1. The fourth-order valence-corrected chi connectivity index (χ4v) is 2.98. The second kappa shape index (κ2) is 6.37. The molecule has 0 unspecified atom stereocenters. The van der Waals surface area contributed by atoms with E-state index in [1.54, 1.807) is 25.3 Å². The fourth-order valence-electron chi connectivity index (χ4n) is 2.10. The molecule has 1 amide bonds. The molecule has 0 saturated carbocycles. The van der Waals surface area contributed by atoms with Crippen molar-refractivity contribution in [3.63, 3.8) is 0 Å². The van der Waals surface area contributed by atoms with E-state index in [1.165, 1.54) is 23.5 Å². The number of methoxy groups -OCH3 is 1. The van der Waals surface area contributed by atoms with E-state index in [4.69, 9.17) is 14.8 Å². The highest BCUT2D eigenvalue weighted by Gasteiger charge is 2.15. The maximum absolute atomic E-state index is 12.3. The standard InChI is InChI=1S/C15H13BN2O4S/c1-22-11-5-6-12-13(8-11)23-15(17-12)18-14(19)9-3-2-4-10(7-9)16(20)21/h2-8,20-21H,1H3,(H,17,18,19). The Balaban J connectivity index is 1.83. The first kappa shape index (κ1) is 15.5. The number of nitrogens with one attached hydrogen (secondary N) is 1. The highest BCUT2D eigenvalue weighted by Crippen LogP contribution is 2.29. The molecular formula is C15H13BN2O4S. The van der Waals surface area contributed by atoms with Crippen molar-refractivity contribution in [3.05, 3.63) is 48.0 Å². The van der Waals surface area contributed by atoms with Crippen LogP contribution < -0.4 is 15.5 Å². The van der Waals surface area contributed by atoms with Crippen LogP contribution in [0.2, 0.25) is 0 Å². The smallest absolute Gasteiger partial charge is 0.488 e. The van der Waals surface area contributed by atoms with Crippen LogP contribution in [0.4, 0.5) is 5.13 Å². The van der Waals surface area contributed by atoms with Crippen LogP contribution in [0.3, 0.4) is 0 Å². The van der Waals surface area contributed by atoms with Gasteiger partial charge in [-0.2, -0.15) is 0 Å². The third-order valence-electron chi connectivity index (χ3n) is 3.26. The van der Waals surface area contributed by atoms with E-state index < -0.39 is 7.12 Å². The predicted octanol–water partition coefficient (Wildman–Crippen LogP) is 1.24. The molecule has 0 fully saturated rings. The third kappa shape index (κ3) is 3.34. The third-order valence-corrected chi connectivity index (χ3v) is 4.20. The van der Waals surface area contributed by atoms with Crippen molar-refractivity contribution in [2.75, 3.05) is 12.4 Å². The van der Waals surface area contributed by atoms with Gasteiger partial charge in [-0.15, -0.1) is 0 Å². The summed E-state index contributed by atoms with van der Waals surface area (Å²) in [6.45, 7) is 0. The topological polar surface area (TPSA) is 91.7 Å². The van der Waals surface area contributed by atoms with Crippen LogP contribution >= 0.6 is 11.3 Å². The van der Waals surface area contributed by atoms with Crippen LogP contribution in [0.25, 0.3) is 10.2 Å². The Morgan fingerprint density at radius 1 is 1.26 bits per heavy atom. The summed E-state index contributed by atoms with van der Waals surface area (Å²) in [7, 11) is -0.0225. The van der Waals surface area contributed by atoms with E-state index in [0.29, 0.717) is 10.7 Å². The molecule has 1 heterocycles. The quantitative estimate of drug-likeness (QED) is 0.627. The summed E-state index contributed by atoms with van der Waals surface area (Å²) in [5.74, 6) is 0.363. The summed E-state index contributed by atoms with van der Waals surface area (Å²) < 4.78 is 6.06. The first-order chi connectivity index (χ1) is 11.1. The molecule has 116 valence electrons. The molecule has 0 saturated heterocycles. The molecule has 3 rings (SSSR count). The molecule has 2 aromatic carbocycles. The van der Waals surface area contributed by atoms with Gasteiger partial charge in [-0.25, -0.2) is 4.98 Å². The lowest BCUT2D eigenvalue weighted by molar-refractivity contribution is 0.102. The summed E-state index contributed by atoms with van der Waals surface area (Å²) in [4.78, 5) is 16.6. The largest absolute Gasteiger partial charge is 0.497 e. The van der Waals surface area contributed by atoms with Gasteiger partial charge in [-0.3, -0.25) is 10.1 Å². The number of rotatable bonds is 4. The zero-order chi connectivity index (χ0) is 16.4. The summed E-state index contributed by atoms with van der Waals surface area (Å²) >= 11 is 1.34. The van der Waals surface area contributed by atoms with E-state index in [1.807, 2.05) is 12.1 Å². The van der Waals surface area contributed by atoms with Crippen molar-refractivity contribution < 1.29 is 19.6 Å². The number of hydrogen-bond donors (Lipinski definition) is 3. The van der Waals surface area contributed by atoms with Gasteiger partial charge in [-0.05, 0) is 35.8 Å². The first-order valence-electron chi connectivity index (χ1n) is 6.79. The average molecular weight is 328 g/mol. The molecule has 0 radical (unpaired) electrons. The predicted molar refractivity (Wildman–Crippen MR) is 90.4 cm³/mol. The number of anilines is 1. The van der Waals surface area contributed by atoms with E-state index in [2.05, 4.69) is 10.3 Å². The molecule has 0 aliphatic rings. The summed E-state index contributed by atoms with van der Waals surface area (Å²) in [5.41, 5.74) is 1.35. The number of hydrogen-bond acceptors (Lipinski definition) is 6. The molecule has 8 heteroatoms. The molecule has 6 nitrogen and oxygen atoms in total. The summed E-state index contributed by atoms with van der Waals surface area (Å²) in [5, 5.41) is 21.5. The van der Waals surface area contributed by atoms with Gasteiger partial charge >= 0.3 is 7.12 Å². The lowest BCUT2D eigenvalue weighted by Crippen LogP contribution is -2.30. The first-order valence-corrected chi connectivity index (χ1v) is 7.60. The second-order valence-corrected chi connectivity index (χ2v) is 5.84. The van der Waals surface area contributed by atoms with E-state index in [0.717, 1.165) is 16.0 Å². The fraction of sp³-hybridized carbons (Fsp3) is 0.0667. The molecule has 3 N–H and O–H groups in total. The number of ether oxygens (including phenoxy) is 1. The Morgan fingerprint density at radius 2 is 2.09 bits per heavy atom. The Hall–Kier alpha value is -2.42. The number of fused-ring (bicyclic) bond motifs is 1. The minimum Gasteiger partial charge on any atom is -0.497 e. The van der Waals surface area contributed by atoms with Gasteiger partial charge < -0.3 is 14.8 Å². The van der Waals surface area contributed by atoms with Gasteiger partial charge in [-0.1, -0.05) is 23.5 Å². The van der Waals surface area contributed by atoms with Crippen molar-refractivity contribution >= 4 is 45.2 Å². The van der Waals surface area contributed by atoms with Crippen molar-refractivity contribution in [2.45, 2.75) is 0 Å². The Bertz CT molecular complexity index is 866. The van der Waals surface area contributed by atoms with Gasteiger partial charge in [0.05, 0.1) is 17.3 Å². The molecular weight excluding hydrogens is 315 g/mol. The molecule has 3 aromatic rings. The zero-order valence-electron chi connectivity index (χ0n) is 12.2. The lowest BCUT2D eigenvalue weighted by Gasteiger charge is -2.04. The van der Waals surface area contributed by atoms with Gasteiger partial charge in [0.25, 0.3) is 5.91 Å². The van der Waals surface area contributed by atoms with Crippen molar-refractivity contribution in [3.8, 4) is 5.75 Å². The zero-order valence-corrected chi connectivity index (χ0v) is 13.0. The van der Waals surface area contributed by atoms with Gasteiger partial charge in [0.1, 0.15) is 5.75 Å². The molecule has 1 aromatic heterocycles. The Morgan fingerprint density at radius 3 is 2.83 bits per heavy atom. The van der Waals surface area contributed by atoms with Crippen LogP contribution in [0.1, 0.15) is 10.4 Å². The molecule has 0 bridgehead atoms. The number of amides is 1. The van der Waals surface area contributed by atoms with Gasteiger partial charge in [0.15, 0.2) is 5.13 Å². The van der Waals surface area contributed by atoms with Crippen LogP contribution in [0.5, 0.6) is 5.75 Å². The van der Waals surface area contributed by atoms with Crippen LogP contribution in [-0.4, -0.2) is 35.2 Å². The molecule has 0 atom stereocenters. The minimum atomic E-state index is -1.61. The highest BCUT2D eigenvalue weighted by atomic mass is 32.1. The minimum absolute atomic E-state index is 0.256. The van der Waals surface area contributed by atoms with Crippen molar-refractivity contribution in [2.24, 2.45) is 0 Å². The molecule has 0 spiro atoms. The number of aromatic nitrogens is 1. The number of carbonyl (C=O) groups is 1. The summed E-state index contributed by atoms with van der Waals surface area (Å²) in [6, 6.07) is 11.6. The van der Waals surface area contributed by atoms with E-state index in [9.17, 15) is 4.79 Å². The van der Waals surface area contributed by atoms with Crippen LogP contribution in [0.15, 0.2) is 42.5 Å². The van der Waals surface area contributed by atoms with E-state index in [-0.39, 0.29) is 11.4 Å². The average Bonchev–Trinajstić information content (AvgIpc) is 2.95. The SMILES string of the molecule is COc1ccc2nc(NC(=O)c3cccc(B(O)O)c3)sc2c1. The second-order valence-electron chi connectivity index (χ2n) is 4.81. The van der Waals surface area contributed by atoms with Crippen LogP contribution in [0, 0.1) is 0 Å². The highest BCUT2D eigenvalue weighted by molar-refractivity contribution is 7.22. The Kier molecular flexibility index (Phi) is 4.29. The maximum atomic E-state index is 12.3. The van der Waals surface area contributed by atoms with Crippen molar-refractivity contribution in [1.82, 2.24) is 4.98 Å². The maximum Gasteiger partial charge on any atom is 0.488 e. The van der Waals surface area contributed by atoms with Gasteiger partial charge in [0.2, 0.25) is 0 Å². The lowest BCUT2D eigenvalue weighted by atomic mass is 9.79. The summed E-state index contributed by atoms with van der Waals surface area (Å²) in [6.07, 6.45) is 0. The van der Waals surface area contributed by atoms with Crippen LogP contribution in [-0.2, 0) is 0 Å². The normalized spacial score (nSPS) is 10.6. The van der Waals surface area contributed by atoms with Gasteiger partial charge in [0, 0.05) is 5.56 Å². The number of thiazole rings is 1. The molecule has 23 heavy (non-hydrogen) atoms. The van der Waals surface area contributed by atoms with E-state index >= 15 is 0 Å².